The molecule has 1 rings (SSSR count). The predicted molar refractivity (Wildman–Crippen MR) is 45.1 cm³/mol. The van der Waals surface area contributed by atoms with Crippen LogP contribution < -0.4 is 0 Å². The lowest BCUT2D eigenvalue weighted by Gasteiger charge is -1.99. The second-order valence-electron chi connectivity index (χ2n) is 2.05. The SMILES string of the molecule is Fc1cccc(Cl)c1C[SiH3]. The third-order valence-electron chi connectivity index (χ3n) is 1.42. The first-order chi connectivity index (χ1) is 4.75. The Morgan fingerprint density at radius 3 is 2.60 bits per heavy atom. The first-order valence-electron chi connectivity index (χ1n) is 3.18. The summed E-state index contributed by atoms with van der Waals surface area (Å²) in [4.78, 5) is 0. The molecule has 0 aliphatic carbocycles. The van der Waals surface area contributed by atoms with Gasteiger partial charge in [-0.1, -0.05) is 17.7 Å². The van der Waals surface area contributed by atoms with Crippen molar-refractivity contribution in [3.8, 4) is 0 Å². The average molecular weight is 175 g/mol. The van der Waals surface area contributed by atoms with Gasteiger partial charge in [0.05, 0.1) is 0 Å². The number of hydrogen-bond acceptors (Lipinski definition) is 0. The third-order valence-corrected chi connectivity index (χ3v) is 2.48. The van der Waals surface area contributed by atoms with Crippen LogP contribution in [0.5, 0.6) is 0 Å². The van der Waals surface area contributed by atoms with Crippen molar-refractivity contribution in [2.75, 3.05) is 0 Å². The fourth-order valence-electron chi connectivity index (χ4n) is 0.870. The molecule has 1 aromatic rings. The smallest absolute Gasteiger partial charge is 0.127 e. The van der Waals surface area contributed by atoms with E-state index in [1.54, 1.807) is 12.1 Å². The predicted octanol–water partition coefficient (Wildman–Crippen LogP) is 1.34. The van der Waals surface area contributed by atoms with E-state index in [1.807, 2.05) is 0 Å². The lowest BCUT2D eigenvalue weighted by Crippen LogP contribution is -1.90. The number of benzene rings is 1. The molecule has 0 spiro atoms. The first kappa shape index (κ1) is 7.76. The Balaban J connectivity index is 3.17. The zero-order valence-corrected chi connectivity index (χ0v) is 8.45. The maximum atomic E-state index is 12.8. The fourth-order valence-corrected chi connectivity index (χ4v) is 2.11. The highest BCUT2D eigenvalue weighted by Crippen LogP contribution is 2.17. The summed E-state index contributed by atoms with van der Waals surface area (Å²) in [6.45, 7) is 0. The lowest BCUT2D eigenvalue weighted by molar-refractivity contribution is 0.617. The van der Waals surface area contributed by atoms with Gasteiger partial charge in [0.1, 0.15) is 5.82 Å². The molecule has 0 unspecified atom stereocenters. The van der Waals surface area contributed by atoms with Gasteiger partial charge in [-0.05, 0) is 18.2 Å². The van der Waals surface area contributed by atoms with Crippen molar-refractivity contribution in [1.29, 1.82) is 0 Å². The van der Waals surface area contributed by atoms with Crippen molar-refractivity contribution < 1.29 is 4.39 Å². The third kappa shape index (κ3) is 1.38. The highest BCUT2D eigenvalue weighted by atomic mass is 35.5. The summed E-state index contributed by atoms with van der Waals surface area (Å²) in [5.41, 5.74) is 0.663. The van der Waals surface area contributed by atoms with E-state index >= 15 is 0 Å². The highest BCUT2D eigenvalue weighted by molar-refractivity contribution is 6.31. The van der Waals surface area contributed by atoms with E-state index in [4.69, 9.17) is 11.6 Å². The van der Waals surface area contributed by atoms with E-state index in [0.29, 0.717) is 10.6 Å². The Kier molecular flexibility index (Phi) is 2.46. The van der Waals surface area contributed by atoms with Crippen molar-refractivity contribution in [2.45, 2.75) is 6.04 Å². The van der Waals surface area contributed by atoms with Crippen molar-refractivity contribution in [3.63, 3.8) is 0 Å². The molecule has 0 radical (unpaired) electrons. The Hall–Kier alpha value is -0.343. The maximum Gasteiger partial charge on any atom is 0.127 e. The molecule has 1 aromatic carbocycles. The van der Waals surface area contributed by atoms with Crippen LogP contribution in [0, 0.1) is 5.82 Å². The Morgan fingerprint density at radius 2 is 2.20 bits per heavy atom. The van der Waals surface area contributed by atoms with Gasteiger partial charge in [-0.25, -0.2) is 4.39 Å². The highest BCUT2D eigenvalue weighted by Gasteiger charge is 2.01. The van der Waals surface area contributed by atoms with Crippen LogP contribution >= 0.6 is 11.6 Å². The quantitative estimate of drug-likeness (QED) is 0.564. The minimum absolute atomic E-state index is 0.178. The van der Waals surface area contributed by atoms with Gasteiger partial charge in [-0.15, -0.1) is 0 Å². The molecular weight excluding hydrogens is 167 g/mol. The monoisotopic (exact) mass is 174 g/mol. The molecule has 0 aromatic heterocycles. The minimum atomic E-state index is -0.178. The minimum Gasteiger partial charge on any atom is -0.207 e. The largest absolute Gasteiger partial charge is 0.207 e. The van der Waals surface area contributed by atoms with Crippen molar-refractivity contribution >= 4 is 21.8 Å². The van der Waals surface area contributed by atoms with Gasteiger partial charge in [0.2, 0.25) is 0 Å². The van der Waals surface area contributed by atoms with Crippen LogP contribution in [0.1, 0.15) is 5.56 Å². The molecule has 0 heterocycles. The Morgan fingerprint density at radius 1 is 1.50 bits per heavy atom. The summed E-state index contributed by atoms with van der Waals surface area (Å²) in [7, 11) is 0.949. The molecular formula is C7H8ClFSi. The van der Waals surface area contributed by atoms with Crippen molar-refractivity contribution in [1.82, 2.24) is 0 Å². The van der Waals surface area contributed by atoms with Crippen LogP contribution in [0.15, 0.2) is 18.2 Å². The van der Waals surface area contributed by atoms with Gasteiger partial charge in [-0.3, -0.25) is 0 Å². The lowest BCUT2D eigenvalue weighted by atomic mass is 10.2. The molecule has 0 nitrogen and oxygen atoms in total. The summed E-state index contributed by atoms with van der Waals surface area (Å²) in [6.07, 6.45) is 0. The first-order valence-corrected chi connectivity index (χ1v) is 4.97. The van der Waals surface area contributed by atoms with Gasteiger partial charge >= 0.3 is 0 Å². The molecule has 0 atom stereocenters. The van der Waals surface area contributed by atoms with Gasteiger partial charge in [0.15, 0.2) is 0 Å². The van der Waals surface area contributed by atoms with Crippen LogP contribution in [-0.4, -0.2) is 10.2 Å². The van der Waals surface area contributed by atoms with Gasteiger partial charge < -0.3 is 0 Å². The summed E-state index contributed by atoms with van der Waals surface area (Å²) in [5, 5.41) is 0.551. The molecule has 0 aliphatic heterocycles. The summed E-state index contributed by atoms with van der Waals surface area (Å²) in [5.74, 6) is -0.178. The molecule has 3 heteroatoms. The Bertz CT molecular complexity index is 217. The van der Waals surface area contributed by atoms with Gasteiger partial charge in [-0.2, -0.15) is 0 Å². The zero-order chi connectivity index (χ0) is 7.56. The summed E-state index contributed by atoms with van der Waals surface area (Å²) >= 11 is 5.71. The van der Waals surface area contributed by atoms with Crippen LogP contribution in [0.3, 0.4) is 0 Å². The second-order valence-corrected chi connectivity index (χ2v) is 3.17. The molecule has 0 fully saturated rings. The number of rotatable bonds is 1. The molecule has 54 valence electrons. The summed E-state index contributed by atoms with van der Waals surface area (Å²) < 4.78 is 12.8. The second kappa shape index (κ2) is 3.17. The molecule has 10 heavy (non-hydrogen) atoms. The van der Waals surface area contributed by atoms with E-state index in [2.05, 4.69) is 0 Å². The molecule has 0 saturated carbocycles. The average Bonchev–Trinajstić information content (AvgIpc) is 1.88. The van der Waals surface area contributed by atoms with Crippen molar-refractivity contribution in [3.05, 3.63) is 34.6 Å². The standard InChI is InChI=1S/C7H8ClFSi/c8-6-2-1-3-7(9)5(6)4-10/h1-3H,4H2,10H3. The normalized spacial score (nSPS) is 10.2. The van der Waals surface area contributed by atoms with Crippen LogP contribution in [0.25, 0.3) is 0 Å². The van der Waals surface area contributed by atoms with E-state index in [-0.39, 0.29) is 5.82 Å². The van der Waals surface area contributed by atoms with Crippen LogP contribution in [0.2, 0.25) is 5.02 Å². The molecule has 0 N–H and O–H groups in total. The zero-order valence-electron chi connectivity index (χ0n) is 5.70. The molecule has 0 aliphatic rings. The topological polar surface area (TPSA) is 0 Å². The Labute approximate surface area is 67.4 Å². The van der Waals surface area contributed by atoms with Gasteiger partial charge in [0, 0.05) is 20.8 Å². The van der Waals surface area contributed by atoms with E-state index in [9.17, 15) is 4.39 Å². The number of halogens is 2. The van der Waals surface area contributed by atoms with Crippen LogP contribution in [-0.2, 0) is 6.04 Å². The summed E-state index contributed by atoms with van der Waals surface area (Å²) in [6, 6.07) is 5.57. The van der Waals surface area contributed by atoms with Crippen LogP contribution in [0.4, 0.5) is 4.39 Å². The molecule has 0 amide bonds. The number of hydrogen-bond donors (Lipinski definition) is 0. The van der Waals surface area contributed by atoms with Crippen molar-refractivity contribution in [2.24, 2.45) is 0 Å². The van der Waals surface area contributed by atoms with E-state index in [1.165, 1.54) is 6.07 Å². The molecule has 0 saturated heterocycles. The van der Waals surface area contributed by atoms with E-state index in [0.717, 1.165) is 16.3 Å². The maximum absolute atomic E-state index is 12.8. The van der Waals surface area contributed by atoms with E-state index < -0.39 is 0 Å². The fraction of sp³-hybridized carbons (Fsp3) is 0.143. The van der Waals surface area contributed by atoms with Gasteiger partial charge in [0.25, 0.3) is 0 Å². The molecule has 0 bridgehead atoms.